The SMILES string of the molecule is COCc1ccsc1C(=O)NCC(O)c1ccccc1C. The molecule has 1 unspecified atom stereocenters. The Bertz CT molecular complexity index is 609. The van der Waals surface area contributed by atoms with E-state index >= 15 is 0 Å². The minimum Gasteiger partial charge on any atom is -0.387 e. The fraction of sp³-hybridized carbons (Fsp3) is 0.312. The number of thiophene rings is 1. The molecule has 2 aromatic rings. The number of carbonyl (C=O) groups is 1. The zero-order chi connectivity index (χ0) is 15.2. The fourth-order valence-corrected chi connectivity index (χ4v) is 2.97. The molecular formula is C16H19NO3S. The Morgan fingerprint density at radius 3 is 2.86 bits per heavy atom. The minimum absolute atomic E-state index is 0.176. The van der Waals surface area contributed by atoms with Gasteiger partial charge in [-0.1, -0.05) is 24.3 Å². The zero-order valence-electron chi connectivity index (χ0n) is 12.1. The molecule has 112 valence electrons. The van der Waals surface area contributed by atoms with Gasteiger partial charge < -0.3 is 15.2 Å². The van der Waals surface area contributed by atoms with Crippen molar-refractivity contribution in [1.29, 1.82) is 0 Å². The normalized spacial score (nSPS) is 12.1. The maximum Gasteiger partial charge on any atom is 0.261 e. The Labute approximate surface area is 128 Å². The van der Waals surface area contributed by atoms with Gasteiger partial charge in [-0.2, -0.15) is 0 Å². The highest BCUT2D eigenvalue weighted by atomic mass is 32.1. The molecule has 1 aromatic carbocycles. The molecule has 0 aliphatic carbocycles. The number of ether oxygens (including phenoxy) is 1. The van der Waals surface area contributed by atoms with Gasteiger partial charge in [0.05, 0.1) is 17.6 Å². The van der Waals surface area contributed by atoms with Crippen molar-refractivity contribution >= 4 is 17.2 Å². The van der Waals surface area contributed by atoms with E-state index < -0.39 is 6.10 Å². The predicted octanol–water partition coefficient (Wildman–Crippen LogP) is 2.67. The van der Waals surface area contributed by atoms with Gasteiger partial charge in [-0.25, -0.2) is 0 Å². The molecule has 0 saturated carbocycles. The molecule has 1 amide bonds. The van der Waals surface area contributed by atoms with Crippen LogP contribution in [0, 0.1) is 6.92 Å². The number of hydrogen-bond acceptors (Lipinski definition) is 4. The van der Waals surface area contributed by atoms with Crippen molar-refractivity contribution in [3.05, 3.63) is 57.3 Å². The van der Waals surface area contributed by atoms with Crippen molar-refractivity contribution in [2.45, 2.75) is 19.6 Å². The Morgan fingerprint density at radius 2 is 2.14 bits per heavy atom. The maximum absolute atomic E-state index is 12.2. The lowest BCUT2D eigenvalue weighted by Crippen LogP contribution is -2.28. The smallest absolute Gasteiger partial charge is 0.261 e. The molecule has 5 heteroatoms. The van der Waals surface area contributed by atoms with E-state index in [2.05, 4.69) is 5.32 Å². The number of carbonyl (C=O) groups excluding carboxylic acids is 1. The molecule has 2 rings (SSSR count). The highest BCUT2D eigenvalue weighted by Crippen LogP contribution is 2.19. The quantitative estimate of drug-likeness (QED) is 0.862. The van der Waals surface area contributed by atoms with Gasteiger partial charge in [0.25, 0.3) is 5.91 Å². The Hall–Kier alpha value is -1.69. The molecule has 0 saturated heterocycles. The van der Waals surface area contributed by atoms with Crippen LogP contribution in [0.1, 0.15) is 32.5 Å². The molecule has 0 radical (unpaired) electrons. The maximum atomic E-state index is 12.2. The van der Waals surface area contributed by atoms with E-state index in [0.717, 1.165) is 16.7 Å². The van der Waals surface area contributed by atoms with Gasteiger partial charge in [-0.05, 0) is 29.5 Å². The summed E-state index contributed by atoms with van der Waals surface area (Å²) in [4.78, 5) is 12.8. The standard InChI is InChI=1S/C16H19NO3S/c1-11-5-3-4-6-13(11)14(18)9-17-16(19)15-12(10-20-2)7-8-21-15/h3-8,14,18H,9-10H2,1-2H3,(H,17,19). The molecule has 1 atom stereocenters. The van der Waals surface area contributed by atoms with E-state index in [1.54, 1.807) is 7.11 Å². The number of benzene rings is 1. The molecule has 4 nitrogen and oxygen atoms in total. The molecule has 0 spiro atoms. The van der Waals surface area contributed by atoms with Gasteiger partial charge in [0, 0.05) is 19.2 Å². The average molecular weight is 305 g/mol. The number of aliphatic hydroxyl groups excluding tert-OH is 1. The van der Waals surface area contributed by atoms with Crippen LogP contribution in [-0.2, 0) is 11.3 Å². The summed E-state index contributed by atoms with van der Waals surface area (Å²) in [5, 5.41) is 14.8. The summed E-state index contributed by atoms with van der Waals surface area (Å²) < 4.78 is 5.06. The summed E-state index contributed by atoms with van der Waals surface area (Å²) in [7, 11) is 1.60. The van der Waals surface area contributed by atoms with Crippen molar-refractivity contribution in [1.82, 2.24) is 5.32 Å². The molecular weight excluding hydrogens is 286 g/mol. The van der Waals surface area contributed by atoms with Gasteiger partial charge in [0.1, 0.15) is 0 Å². The largest absolute Gasteiger partial charge is 0.387 e. The number of aryl methyl sites for hydroxylation is 1. The summed E-state index contributed by atoms with van der Waals surface area (Å²) in [5.41, 5.74) is 2.71. The van der Waals surface area contributed by atoms with Crippen LogP contribution in [0.15, 0.2) is 35.7 Å². The average Bonchev–Trinajstić information content (AvgIpc) is 2.93. The van der Waals surface area contributed by atoms with Gasteiger partial charge >= 0.3 is 0 Å². The topological polar surface area (TPSA) is 58.6 Å². The van der Waals surface area contributed by atoms with Gasteiger partial charge in [0.2, 0.25) is 0 Å². The first kappa shape index (κ1) is 15.7. The number of methoxy groups -OCH3 is 1. The summed E-state index contributed by atoms with van der Waals surface area (Å²) in [5.74, 6) is -0.176. The predicted molar refractivity (Wildman–Crippen MR) is 83.5 cm³/mol. The van der Waals surface area contributed by atoms with Crippen LogP contribution in [0.5, 0.6) is 0 Å². The van der Waals surface area contributed by atoms with Crippen molar-refractivity contribution in [2.75, 3.05) is 13.7 Å². The van der Waals surface area contributed by atoms with Crippen molar-refractivity contribution in [3.8, 4) is 0 Å². The highest BCUT2D eigenvalue weighted by Gasteiger charge is 2.15. The van der Waals surface area contributed by atoms with Gasteiger partial charge in [-0.3, -0.25) is 4.79 Å². The van der Waals surface area contributed by atoms with E-state index in [0.29, 0.717) is 11.5 Å². The van der Waals surface area contributed by atoms with Crippen LogP contribution >= 0.6 is 11.3 Å². The number of amides is 1. The molecule has 1 aromatic heterocycles. The van der Waals surface area contributed by atoms with Crippen LogP contribution in [0.3, 0.4) is 0 Å². The van der Waals surface area contributed by atoms with Crippen molar-refractivity contribution in [2.24, 2.45) is 0 Å². The third-order valence-electron chi connectivity index (χ3n) is 3.26. The highest BCUT2D eigenvalue weighted by molar-refractivity contribution is 7.12. The Morgan fingerprint density at radius 1 is 1.38 bits per heavy atom. The monoisotopic (exact) mass is 305 g/mol. The summed E-state index contributed by atoms with van der Waals surface area (Å²) in [6.45, 7) is 2.54. The lowest BCUT2D eigenvalue weighted by molar-refractivity contribution is 0.0915. The van der Waals surface area contributed by atoms with Gasteiger partial charge in [-0.15, -0.1) is 11.3 Å². The van der Waals surface area contributed by atoms with E-state index in [9.17, 15) is 9.90 Å². The summed E-state index contributed by atoms with van der Waals surface area (Å²) >= 11 is 1.37. The zero-order valence-corrected chi connectivity index (χ0v) is 12.9. The van der Waals surface area contributed by atoms with Crippen LogP contribution in [-0.4, -0.2) is 24.7 Å². The van der Waals surface area contributed by atoms with Crippen LogP contribution in [0.4, 0.5) is 0 Å². The molecule has 0 aliphatic heterocycles. The second-order valence-electron chi connectivity index (χ2n) is 4.79. The summed E-state index contributed by atoms with van der Waals surface area (Å²) in [6.07, 6.45) is -0.707. The van der Waals surface area contributed by atoms with E-state index in [1.807, 2.05) is 42.6 Å². The minimum atomic E-state index is -0.707. The molecule has 21 heavy (non-hydrogen) atoms. The number of rotatable bonds is 6. The summed E-state index contributed by atoms with van der Waals surface area (Å²) in [6, 6.07) is 9.49. The molecule has 0 bridgehead atoms. The molecule has 1 heterocycles. The van der Waals surface area contributed by atoms with E-state index in [-0.39, 0.29) is 12.5 Å². The van der Waals surface area contributed by atoms with Crippen LogP contribution in [0.25, 0.3) is 0 Å². The molecule has 0 fully saturated rings. The number of aliphatic hydroxyl groups is 1. The second-order valence-corrected chi connectivity index (χ2v) is 5.71. The third kappa shape index (κ3) is 3.91. The van der Waals surface area contributed by atoms with E-state index in [4.69, 9.17) is 4.74 Å². The Balaban J connectivity index is 1.98. The molecule has 0 aliphatic rings. The first-order valence-electron chi connectivity index (χ1n) is 6.70. The van der Waals surface area contributed by atoms with E-state index in [1.165, 1.54) is 11.3 Å². The lowest BCUT2D eigenvalue weighted by Gasteiger charge is -2.14. The van der Waals surface area contributed by atoms with Crippen LogP contribution < -0.4 is 5.32 Å². The Kier molecular flexibility index (Phi) is 5.50. The fourth-order valence-electron chi connectivity index (χ4n) is 2.14. The first-order valence-corrected chi connectivity index (χ1v) is 7.58. The third-order valence-corrected chi connectivity index (χ3v) is 4.21. The second kappa shape index (κ2) is 7.36. The number of nitrogens with one attached hydrogen (secondary N) is 1. The van der Waals surface area contributed by atoms with Crippen molar-refractivity contribution < 1.29 is 14.6 Å². The van der Waals surface area contributed by atoms with Crippen molar-refractivity contribution in [3.63, 3.8) is 0 Å². The lowest BCUT2D eigenvalue weighted by atomic mass is 10.0. The number of hydrogen-bond donors (Lipinski definition) is 2. The first-order chi connectivity index (χ1) is 10.1. The van der Waals surface area contributed by atoms with Crippen LogP contribution in [0.2, 0.25) is 0 Å². The molecule has 2 N–H and O–H groups in total. The van der Waals surface area contributed by atoms with Gasteiger partial charge in [0.15, 0.2) is 0 Å².